The highest BCUT2D eigenvalue weighted by molar-refractivity contribution is 8.13. The van der Waals surface area contributed by atoms with Gasteiger partial charge in [-0.05, 0) is 25.3 Å². The molecule has 1 amide bonds. The van der Waals surface area contributed by atoms with Gasteiger partial charge < -0.3 is 5.11 Å². The number of benzene rings is 1. The Hall–Kier alpha value is -1.53. The van der Waals surface area contributed by atoms with Crippen LogP contribution in [0, 0.1) is 0 Å². The van der Waals surface area contributed by atoms with Gasteiger partial charge in [-0.2, -0.15) is 5.01 Å². The van der Waals surface area contributed by atoms with Gasteiger partial charge in [-0.3, -0.25) is 10.2 Å². The van der Waals surface area contributed by atoms with Gasteiger partial charge in [0.15, 0.2) is 10.7 Å². The average molecular weight is 265 g/mol. The maximum Gasteiger partial charge on any atom is 0.277 e. The summed E-state index contributed by atoms with van der Waals surface area (Å²) in [4.78, 5) is 16.5. The van der Waals surface area contributed by atoms with E-state index in [1.54, 1.807) is 6.92 Å². The molecule has 0 aliphatic carbocycles. The molecule has 18 heavy (non-hydrogen) atoms. The number of amides is 1. The van der Waals surface area contributed by atoms with Gasteiger partial charge in [0.2, 0.25) is 0 Å². The van der Waals surface area contributed by atoms with Crippen LogP contribution >= 0.6 is 11.8 Å². The average Bonchev–Trinajstić information content (AvgIpc) is 2.65. The van der Waals surface area contributed by atoms with E-state index in [0.29, 0.717) is 5.17 Å². The van der Waals surface area contributed by atoms with Gasteiger partial charge in [0.05, 0.1) is 12.3 Å². The molecular weight excluding hydrogens is 250 g/mol. The van der Waals surface area contributed by atoms with Crippen molar-refractivity contribution in [3.05, 3.63) is 30.3 Å². The third kappa shape index (κ3) is 2.21. The minimum atomic E-state index is -1.08. The molecule has 1 heterocycles. The molecule has 1 aromatic rings. The number of nitrogens with one attached hydrogen (secondary N) is 1. The summed E-state index contributed by atoms with van der Waals surface area (Å²) in [5, 5.41) is 11.2. The summed E-state index contributed by atoms with van der Waals surface area (Å²) in [5.74, 6) is -0.252. The molecule has 96 valence electrons. The number of carbonyl (C=O) groups is 1. The predicted molar refractivity (Wildman–Crippen MR) is 73.4 cm³/mol. The highest BCUT2D eigenvalue weighted by atomic mass is 32.2. The number of thioether (sulfide) groups is 1. The maximum atomic E-state index is 12.2. The molecule has 1 aromatic carbocycles. The minimum Gasteiger partial charge on any atom is -0.393 e. The quantitative estimate of drug-likeness (QED) is 0.865. The zero-order valence-corrected chi connectivity index (χ0v) is 11.1. The van der Waals surface area contributed by atoms with E-state index in [4.69, 9.17) is 0 Å². The van der Waals surface area contributed by atoms with Gasteiger partial charge in [0, 0.05) is 0 Å². The fourth-order valence-electron chi connectivity index (χ4n) is 1.62. The monoisotopic (exact) mass is 265 g/mol. The Kier molecular flexibility index (Phi) is 3.58. The van der Waals surface area contributed by atoms with Crippen LogP contribution in [0.2, 0.25) is 0 Å². The molecule has 1 aliphatic rings. The maximum absolute atomic E-state index is 12.2. The molecule has 1 atom stereocenters. The Balaban J connectivity index is 2.23. The first kappa shape index (κ1) is 12.9. The molecule has 0 saturated carbocycles. The molecule has 0 saturated heterocycles. The first-order chi connectivity index (χ1) is 8.60. The van der Waals surface area contributed by atoms with Crippen LogP contribution in [0.15, 0.2) is 35.3 Å². The molecule has 2 rings (SSSR count). The zero-order chi connectivity index (χ0) is 13.2. The summed E-state index contributed by atoms with van der Waals surface area (Å²) in [6.07, 6.45) is 1.84. The van der Waals surface area contributed by atoms with Crippen molar-refractivity contribution in [3.8, 4) is 0 Å². The molecule has 1 aliphatic heterocycles. The van der Waals surface area contributed by atoms with E-state index in [-0.39, 0.29) is 12.5 Å². The number of hydrogen-bond donors (Lipinski definition) is 2. The first-order valence-corrected chi connectivity index (χ1v) is 6.74. The van der Waals surface area contributed by atoms with E-state index in [1.807, 2.05) is 36.6 Å². The number of amidine groups is 1. The molecule has 1 unspecified atom stereocenters. The van der Waals surface area contributed by atoms with Gasteiger partial charge in [-0.1, -0.05) is 30.0 Å². The van der Waals surface area contributed by atoms with Gasteiger partial charge >= 0.3 is 0 Å². The van der Waals surface area contributed by atoms with E-state index in [1.165, 1.54) is 16.8 Å². The molecule has 0 aromatic heterocycles. The van der Waals surface area contributed by atoms with Crippen LogP contribution in [0.3, 0.4) is 0 Å². The van der Waals surface area contributed by atoms with Crippen molar-refractivity contribution in [1.29, 1.82) is 0 Å². The molecule has 0 radical (unpaired) electrons. The summed E-state index contributed by atoms with van der Waals surface area (Å²) < 4.78 is 0. The second-order valence-corrected chi connectivity index (χ2v) is 4.92. The van der Waals surface area contributed by atoms with Crippen LogP contribution < -0.4 is 5.43 Å². The number of aliphatic hydroxyl groups excluding tert-OH is 1. The standard InChI is InChI=1S/C12H15N3O2S/c1-12(8-16)10(17)15(11(13-12)18-2)14-9-6-4-3-5-7-9/h3-7,14,16H,8H2,1-2H3. The normalized spacial score (nSPS) is 23.2. The van der Waals surface area contributed by atoms with E-state index < -0.39 is 5.54 Å². The topological polar surface area (TPSA) is 64.9 Å². The first-order valence-electron chi connectivity index (χ1n) is 5.51. The lowest BCUT2D eigenvalue weighted by Gasteiger charge is -2.22. The SMILES string of the molecule is CSC1=NC(C)(CO)C(=O)N1Nc1ccccc1. The number of para-hydroxylation sites is 1. The summed E-state index contributed by atoms with van der Waals surface area (Å²) in [7, 11) is 0. The number of nitrogens with zero attached hydrogens (tertiary/aromatic N) is 2. The molecule has 0 bridgehead atoms. The molecule has 6 heteroatoms. The van der Waals surface area contributed by atoms with Crippen molar-refractivity contribution in [1.82, 2.24) is 5.01 Å². The fraction of sp³-hybridized carbons (Fsp3) is 0.333. The van der Waals surface area contributed by atoms with Crippen molar-refractivity contribution in [3.63, 3.8) is 0 Å². The van der Waals surface area contributed by atoms with Crippen LogP contribution in [0.5, 0.6) is 0 Å². The number of rotatable bonds is 3. The highest BCUT2D eigenvalue weighted by Gasteiger charge is 2.44. The van der Waals surface area contributed by atoms with Gasteiger partial charge in [0.1, 0.15) is 0 Å². The van der Waals surface area contributed by atoms with Crippen molar-refractivity contribution < 1.29 is 9.90 Å². The number of hydrogen-bond acceptors (Lipinski definition) is 5. The number of anilines is 1. The summed E-state index contributed by atoms with van der Waals surface area (Å²) in [5.41, 5.74) is 2.72. The third-order valence-corrected chi connectivity index (χ3v) is 3.34. The van der Waals surface area contributed by atoms with Gasteiger partial charge in [0.25, 0.3) is 5.91 Å². The van der Waals surface area contributed by atoms with Crippen molar-refractivity contribution in [2.75, 3.05) is 18.3 Å². The number of aliphatic hydroxyl groups is 1. The third-order valence-electron chi connectivity index (χ3n) is 2.70. The number of aliphatic imine (C=N–C) groups is 1. The Bertz CT molecular complexity index is 477. The van der Waals surface area contributed by atoms with E-state index in [0.717, 1.165) is 5.69 Å². The summed E-state index contributed by atoms with van der Waals surface area (Å²) in [6.45, 7) is 1.32. The largest absolute Gasteiger partial charge is 0.393 e. The predicted octanol–water partition coefficient (Wildman–Crippen LogP) is 1.33. The minimum absolute atomic E-state index is 0.252. The van der Waals surface area contributed by atoms with E-state index >= 15 is 0 Å². The highest BCUT2D eigenvalue weighted by Crippen LogP contribution is 2.26. The summed E-state index contributed by atoms with van der Waals surface area (Å²) >= 11 is 1.36. The molecule has 0 fully saturated rings. The van der Waals surface area contributed by atoms with E-state index in [9.17, 15) is 9.90 Å². The molecule has 5 nitrogen and oxygen atoms in total. The smallest absolute Gasteiger partial charge is 0.277 e. The zero-order valence-electron chi connectivity index (χ0n) is 10.3. The van der Waals surface area contributed by atoms with Crippen LogP contribution in [0.1, 0.15) is 6.92 Å². The Morgan fingerprint density at radius 2 is 2.11 bits per heavy atom. The Morgan fingerprint density at radius 3 is 2.67 bits per heavy atom. The second kappa shape index (κ2) is 4.99. The van der Waals surface area contributed by atoms with Gasteiger partial charge in [-0.25, -0.2) is 4.99 Å². The van der Waals surface area contributed by atoms with Crippen LogP contribution in [0.25, 0.3) is 0 Å². The van der Waals surface area contributed by atoms with Crippen molar-refractivity contribution in [2.24, 2.45) is 4.99 Å². The lowest BCUT2D eigenvalue weighted by Crippen LogP contribution is -2.45. The summed E-state index contributed by atoms with van der Waals surface area (Å²) in [6, 6.07) is 9.38. The number of hydrazine groups is 1. The van der Waals surface area contributed by atoms with Crippen molar-refractivity contribution >= 4 is 28.5 Å². The molecular formula is C12H15N3O2S. The van der Waals surface area contributed by atoms with Crippen molar-refractivity contribution in [2.45, 2.75) is 12.5 Å². The molecule has 0 spiro atoms. The lowest BCUT2D eigenvalue weighted by molar-refractivity contribution is -0.130. The van der Waals surface area contributed by atoms with Crippen LogP contribution in [0.4, 0.5) is 5.69 Å². The lowest BCUT2D eigenvalue weighted by atomic mass is 10.1. The number of carbonyl (C=O) groups excluding carboxylic acids is 1. The van der Waals surface area contributed by atoms with Crippen LogP contribution in [-0.4, -0.2) is 39.6 Å². The molecule has 2 N–H and O–H groups in total. The van der Waals surface area contributed by atoms with Crippen LogP contribution in [-0.2, 0) is 4.79 Å². The fourth-order valence-corrected chi connectivity index (χ4v) is 2.22. The Morgan fingerprint density at radius 1 is 1.44 bits per heavy atom. The second-order valence-electron chi connectivity index (χ2n) is 4.15. The van der Waals surface area contributed by atoms with E-state index in [2.05, 4.69) is 10.4 Å². The Labute approximate surface area is 110 Å². The van der Waals surface area contributed by atoms with Gasteiger partial charge in [-0.15, -0.1) is 0 Å².